The molecular formula is C14H7Cl5N2O3. The van der Waals surface area contributed by atoms with E-state index in [0.29, 0.717) is 0 Å². The zero-order valence-electron chi connectivity index (χ0n) is 11.6. The molecule has 1 amide bonds. The van der Waals surface area contributed by atoms with Crippen LogP contribution in [0.1, 0.15) is 10.5 Å². The van der Waals surface area contributed by atoms with E-state index in [1.807, 2.05) is 0 Å². The third kappa shape index (κ3) is 4.88. The Hall–Kier alpha value is -1.24. The Kier molecular flexibility index (Phi) is 6.54. The normalized spacial score (nSPS) is 10.4. The van der Waals surface area contributed by atoms with Gasteiger partial charge in [-0.15, -0.1) is 0 Å². The summed E-state index contributed by atoms with van der Waals surface area (Å²) >= 11 is 29.1. The van der Waals surface area contributed by atoms with Gasteiger partial charge in [0.2, 0.25) is 0 Å². The minimum atomic E-state index is -0.891. The van der Waals surface area contributed by atoms with E-state index in [1.54, 1.807) is 0 Å². The number of anilines is 1. The number of esters is 1. The van der Waals surface area contributed by atoms with Gasteiger partial charge in [0.15, 0.2) is 12.3 Å². The largest absolute Gasteiger partial charge is 0.451 e. The molecule has 0 aliphatic heterocycles. The van der Waals surface area contributed by atoms with Crippen LogP contribution < -0.4 is 5.32 Å². The molecule has 0 saturated heterocycles. The van der Waals surface area contributed by atoms with Crippen molar-refractivity contribution in [3.8, 4) is 0 Å². The van der Waals surface area contributed by atoms with Crippen LogP contribution in [-0.4, -0.2) is 23.5 Å². The number of halogens is 5. The van der Waals surface area contributed by atoms with Crippen LogP contribution >= 0.6 is 58.0 Å². The molecule has 2 rings (SSSR count). The molecule has 0 saturated carbocycles. The first-order chi connectivity index (χ1) is 11.3. The fraction of sp³-hybridized carbons (Fsp3) is 0.0714. The summed E-state index contributed by atoms with van der Waals surface area (Å²) in [6.45, 7) is -0.583. The average Bonchev–Trinajstić information content (AvgIpc) is 2.52. The quantitative estimate of drug-likeness (QED) is 0.416. The highest BCUT2D eigenvalue weighted by molar-refractivity contribution is 6.44. The summed E-state index contributed by atoms with van der Waals surface area (Å²) < 4.78 is 4.83. The van der Waals surface area contributed by atoms with Crippen LogP contribution in [0.2, 0.25) is 25.2 Å². The average molecular weight is 428 g/mol. The van der Waals surface area contributed by atoms with Crippen LogP contribution in [0, 0.1) is 0 Å². The molecule has 0 fully saturated rings. The van der Waals surface area contributed by atoms with Gasteiger partial charge in [0.25, 0.3) is 5.91 Å². The van der Waals surface area contributed by atoms with Crippen molar-refractivity contribution in [3.63, 3.8) is 0 Å². The zero-order chi connectivity index (χ0) is 17.9. The number of aromatic nitrogens is 1. The SMILES string of the molecule is O=C(COC(=O)c1nc(Cl)ccc1Cl)Nc1cc(Cl)c(Cl)cc1Cl. The van der Waals surface area contributed by atoms with Gasteiger partial charge in [0.1, 0.15) is 5.15 Å². The van der Waals surface area contributed by atoms with Crippen molar-refractivity contribution in [2.75, 3.05) is 11.9 Å². The maximum Gasteiger partial charge on any atom is 0.359 e. The van der Waals surface area contributed by atoms with E-state index < -0.39 is 18.5 Å². The van der Waals surface area contributed by atoms with Gasteiger partial charge in [-0.2, -0.15) is 0 Å². The molecule has 0 bridgehead atoms. The molecule has 0 spiro atoms. The summed E-state index contributed by atoms with van der Waals surface area (Å²) in [5.41, 5.74) is 0.0376. The van der Waals surface area contributed by atoms with Crippen molar-refractivity contribution in [3.05, 3.63) is 55.2 Å². The summed E-state index contributed by atoms with van der Waals surface area (Å²) in [6.07, 6.45) is 0. The molecule has 1 N–H and O–H groups in total. The lowest BCUT2D eigenvalue weighted by atomic mass is 10.3. The fourth-order valence-corrected chi connectivity index (χ4v) is 2.49. The number of carbonyl (C=O) groups excluding carboxylic acids is 2. The molecule has 1 heterocycles. The standard InChI is InChI=1S/C14H7Cl5N2O3/c15-6-1-2-11(19)21-13(6)14(23)24-5-12(22)20-10-4-8(17)7(16)3-9(10)18/h1-4H,5H2,(H,20,22). The minimum absolute atomic E-state index is 0.0531. The number of ether oxygens (including phenoxy) is 1. The van der Waals surface area contributed by atoms with Crippen molar-refractivity contribution >= 4 is 75.6 Å². The van der Waals surface area contributed by atoms with Gasteiger partial charge >= 0.3 is 5.97 Å². The second kappa shape index (κ2) is 8.23. The smallest absolute Gasteiger partial charge is 0.359 e. The number of nitrogens with zero attached hydrogens (tertiary/aromatic N) is 1. The summed E-state index contributed by atoms with van der Waals surface area (Å²) in [5, 5.41) is 3.20. The Labute approximate surface area is 161 Å². The summed E-state index contributed by atoms with van der Waals surface area (Å²) in [6, 6.07) is 5.56. The van der Waals surface area contributed by atoms with Gasteiger partial charge in [0, 0.05) is 0 Å². The molecule has 1 aromatic carbocycles. The van der Waals surface area contributed by atoms with Crippen LogP contribution in [0.3, 0.4) is 0 Å². The minimum Gasteiger partial charge on any atom is -0.451 e. The van der Waals surface area contributed by atoms with Crippen molar-refractivity contribution in [1.82, 2.24) is 4.98 Å². The van der Waals surface area contributed by atoms with Crippen molar-refractivity contribution in [2.24, 2.45) is 0 Å². The van der Waals surface area contributed by atoms with E-state index in [1.165, 1.54) is 24.3 Å². The molecule has 126 valence electrons. The van der Waals surface area contributed by atoms with Crippen molar-refractivity contribution in [1.29, 1.82) is 0 Å². The molecule has 10 heteroatoms. The van der Waals surface area contributed by atoms with Gasteiger partial charge in [0.05, 0.1) is 25.8 Å². The summed E-state index contributed by atoms with van der Waals surface area (Å²) in [4.78, 5) is 27.5. The topological polar surface area (TPSA) is 68.3 Å². The van der Waals surface area contributed by atoms with Crippen LogP contribution in [0.25, 0.3) is 0 Å². The predicted molar refractivity (Wildman–Crippen MR) is 94.6 cm³/mol. The number of benzene rings is 1. The van der Waals surface area contributed by atoms with Gasteiger partial charge in [-0.3, -0.25) is 4.79 Å². The summed E-state index contributed by atoms with van der Waals surface area (Å²) in [7, 11) is 0. The van der Waals surface area contributed by atoms with E-state index in [2.05, 4.69) is 10.3 Å². The van der Waals surface area contributed by atoms with Gasteiger partial charge < -0.3 is 10.1 Å². The van der Waals surface area contributed by atoms with Crippen LogP contribution in [-0.2, 0) is 9.53 Å². The first-order valence-corrected chi connectivity index (χ1v) is 8.10. The number of amides is 1. The van der Waals surface area contributed by atoms with Crippen LogP contribution in [0.15, 0.2) is 24.3 Å². The molecule has 0 aliphatic carbocycles. The monoisotopic (exact) mass is 426 g/mol. The highest BCUT2D eigenvalue weighted by Gasteiger charge is 2.17. The molecule has 0 radical (unpaired) electrons. The van der Waals surface area contributed by atoms with Gasteiger partial charge in [-0.1, -0.05) is 58.0 Å². The molecule has 24 heavy (non-hydrogen) atoms. The van der Waals surface area contributed by atoms with Crippen LogP contribution in [0.5, 0.6) is 0 Å². The van der Waals surface area contributed by atoms with E-state index in [9.17, 15) is 9.59 Å². The lowest BCUT2D eigenvalue weighted by Crippen LogP contribution is -2.21. The molecule has 2 aromatic rings. The van der Waals surface area contributed by atoms with Gasteiger partial charge in [-0.05, 0) is 24.3 Å². The number of pyridine rings is 1. The summed E-state index contributed by atoms with van der Waals surface area (Å²) in [5.74, 6) is -1.53. The Morgan fingerprint density at radius 2 is 1.62 bits per heavy atom. The Balaban J connectivity index is 2.00. The Morgan fingerprint density at radius 3 is 2.33 bits per heavy atom. The molecule has 0 atom stereocenters. The number of carbonyl (C=O) groups is 2. The molecule has 0 aliphatic rings. The van der Waals surface area contributed by atoms with E-state index in [4.69, 9.17) is 62.7 Å². The zero-order valence-corrected chi connectivity index (χ0v) is 15.4. The lowest BCUT2D eigenvalue weighted by molar-refractivity contribution is -0.119. The highest BCUT2D eigenvalue weighted by Crippen LogP contribution is 2.32. The lowest BCUT2D eigenvalue weighted by Gasteiger charge is -2.09. The maximum absolute atomic E-state index is 11.9. The molecule has 0 unspecified atom stereocenters. The maximum atomic E-state index is 11.9. The number of rotatable bonds is 4. The second-order valence-corrected chi connectivity index (χ2v) is 6.35. The van der Waals surface area contributed by atoms with Gasteiger partial charge in [-0.25, -0.2) is 9.78 Å². The first kappa shape index (κ1) is 19.1. The predicted octanol–water partition coefficient (Wildman–Crippen LogP) is 5.14. The third-order valence-electron chi connectivity index (χ3n) is 2.62. The van der Waals surface area contributed by atoms with Crippen LogP contribution in [0.4, 0.5) is 5.69 Å². The second-order valence-electron chi connectivity index (χ2n) is 4.33. The molecular weight excluding hydrogens is 421 g/mol. The number of hydrogen-bond donors (Lipinski definition) is 1. The Bertz CT molecular complexity index is 813. The molecule has 5 nitrogen and oxygen atoms in total. The van der Waals surface area contributed by atoms with E-state index in [-0.39, 0.29) is 36.6 Å². The van der Waals surface area contributed by atoms with E-state index in [0.717, 1.165) is 0 Å². The fourth-order valence-electron chi connectivity index (χ4n) is 1.57. The Morgan fingerprint density at radius 1 is 0.958 bits per heavy atom. The van der Waals surface area contributed by atoms with E-state index >= 15 is 0 Å². The first-order valence-electron chi connectivity index (χ1n) is 6.21. The molecule has 1 aromatic heterocycles. The number of nitrogens with one attached hydrogen (secondary N) is 1. The van der Waals surface area contributed by atoms with Crippen molar-refractivity contribution < 1.29 is 14.3 Å². The number of hydrogen-bond acceptors (Lipinski definition) is 4. The highest BCUT2D eigenvalue weighted by atomic mass is 35.5. The van der Waals surface area contributed by atoms with Crippen molar-refractivity contribution in [2.45, 2.75) is 0 Å². The third-order valence-corrected chi connectivity index (χ3v) is 4.17.